The van der Waals surface area contributed by atoms with Crippen molar-refractivity contribution in [2.45, 2.75) is 12.5 Å². The van der Waals surface area contributed by atoms with E-state index in [0.717, 1.165) is 16.9 Å². The van der Waals surface area contributed by atoms with Gasteiger partial charge in [0, 0.05) is 32.0 Å². The number of nitrogens with zero attached hydrogens (tertiary/aromatic N) is 2. The third-order valence-corrected chi connectivity index (χ3v) is 3.37. The van der Waals surface area contributed by atoms with Crippen molar-refractivity contribution >= 4 is 23.3 Å². The van der Waals surface area contributed by atoms with E-state index in [2.05, 4.69) is 0 Å². The number of hydrogen-bond acceptors (Lipinski definition) is 4. The van der Waals surface area contributed by atoms with Gasteiger partial charge in [-0.15, -0.1) is 0 Å². The van der Waals surface area contributed by atoms with E-state index in [4.69, 9.17) is 10.8 Å². The quantitative estimate of drug-likeness (QED) is 0.801. The van der Waals surface area contributed by atoms with E-state index in [1.807, 2.05) is 18.2 Å². The summed E-state index contributed by atoms with van der Waals surface area (Å²) in [6, 6.07) is 4.72. The van der Waals surface area contributed by atoms with Crippen molar-refractivity contribution in [3.8, 4) is 0 Å². The van der Waals surface area contributed by atoms with Crippen molar-refractivity contribution in [2.24, 2.45) is 5.73 Å². The largest absolute Gasteiger partial charge is 0.480 e. The number of likely N-dealkylation sites (N-methyl/N-ethyl adjacent to an activating group) is 2. The standard InChI is InChI=1S/C13H17N3O3/c1-15(7-10(14)13(18)19)9-3-4-11-8(5-9)6-12(17)16(11)2/h3-5,10H,6-7,14H2,1-2H3,(H,18,19). The van der Waals surface area contributed by atoms with Crippen LogP contribution in [0.2, 0.25) is 0 Å². The smallest absolute Gasteiger partial charge is 0.322 e. The minimum absolute atomic E-state index is 0.0667. The van der Waals surface area contributed by atoms with Gasteiger partial charge in [0.05, 0.1) is 6.42 Å². The Labute approximate surface area is 111 Å². The van der Waals surface area contributed by atoms with Gasteiger partial charge in [-0.2, -0.15) is 0 Å². The summed E-state index contributed by atoms with van der Waals surface area (Å²) in [6.07, 6.45) is 0.387. The first-order chi connectivity index (χ1) is 8.90. The van der Waals surface area contributed by atoms with Crippen molar-refractivity contribution < 1.29 is 14.7 Å². The third-order valence-electron chi connectivity index (χ3n) is 3.37. The van der Waals surface area contributed by atoms with Gasteiger partial charge in [-0.25, -0.2) is 0 Å². The summed E-state index contributed by atoms with van der Waals surface area (Å²) in [5.41, 5.74) is 8.23. The average molecular weight is 263 g/mol. The summed E-state index contributed by atoms with van der Waals surface area (Å²) in [7, 11) is 3.53. The maximum absolute atomic E-state index is 11.6. The molecular weight excluding hydrogens is 246 g/mol. The lowest BCUT2D eigenvalue weighted by molar-refractivity contribution is -0.138. The maximum Gasteiger partial charge on any atom is 0.322 e. The highest BCUT2D eigenvalue weighted by Gasteiger charge is 2.24. The molecule has 1 aliphatic heterocycles. The van der Waals surface area contributed by atoms with Crippen molar-refractivity contribution in [3.05, 3.63) is 23.8 Å². The number of benzene rings is 1. The molecule has 6 heteroatoms. The second kappa shape index (κ2) is 4.89. The molecule has 1 heterocycles. The van der Waals surface area contributed by atoms with Crippen molar-refractivity contribution in [3.63, 3.8) is 0 Å². The van der Waals surface area contributed by atoms with Crippen LogP contribution in [-0.2, 0) is 16.0 Å². The number of carboxylic acids is 1. The van der Waals surface area contributed by atoms with Crippen molar-refractivity contribution in [1.29, 1.82) is 0 Å². The molecule has 0 aromatic heterocycles. The fraction of sp³-hybridized carbons (Fsp3) is 0.385. The molecule has 1 aliphatic rings. The van der Waals surface area contributed by atoms with Gasteiger partial charge >= 0.3 is 5.97 Å². The predicted octanol–water partition coefficient (Wildman–Crippen LogP) is 0.0536. The first-order valence-electron chi connectivity index (χ1n) is 5.99. The fourth-order valence-corrected chi connectivity index (χ4v) is 2.17. The Kier molecular flexibility index (Phi) is 3.44. The van der Waals surface area contributed by atoms with Crippen molar-refractivity contribution in [2.75, 3.05) is 30.4 Å². The molecule has 0 fully saturated rings. The highest BCUT2D eigenvalue weighted by molar-refractivity contribution is 6.01. The van der Waals surface area contributed by atoms with Crippen LogP contribution in [0.3, 0.4) is 0 Å². The van der Waals surface area contributed by atoms with Crippen molar-refractivity contribution in [1.82, 2.24) is 0 Å². The van der Waals surface area contributed by atoms with Gasteiger partial charge in [0.1, 0.15) is 6.04 Å². The lowest BCUT2D eigenvalue weighted by Crippen LogP contribution is -2.41. The Morgan fingerprint density at radius 3 is 2.89 bits per heavy atom. The Hall–Kier alpha value is -2.08. The first kappa shape index (κ1) is 13.4. The molecule has 0 radical (unpaired) electrons. The molecule has 1 amide bonds. The Balaban J connectivity index is 2.17. The minimum atomic E-state index is -1.03. The maximum atomic E-state index is 11.6. The topological polar surface area (TPSA) is 86.9 Å². The van der Waals surface area contributed by atoms with Crippen LogP contribution >= 0.6 is 0 Å². The summed E-state index contributed by atoms with van der Waals surface area (Å²) >= 11 is 0. The first-order valence-corrected chi connectivity index (χ1v) is 5.99. The van der Waals surface area contributed by atoms with E-state index >= 15 is 0 Å². The molecule has 0 spiro atoms. The lowest BCUT2D eigenvalue weighted by atomic mass is 10.1. The average Bonchev–Trinajstić information content (AvgIpc) is 2.64. The Bertz CT molecular complexity index is 530. The monoisotopic (exact) mass is 263 g/mol. The Morgan fingerprint density at radius 1 is 1.58 bits per heavy atom. The zero-order chi connectivity index (χ0) is 14.2. The van der Waals surface area contributed by atoms with Crippen LogP contribution in [0.5, 0.6) is 0 Å². The van der Waals surface area contributed by atoms with Gasteiger partial charge in [-0.05, 0) is 23.8 Å². The predicted molar refractivity (Wildman–Crippen MR) is 72.4 cm³/mol. The summed E-state index contributed by atoms with van der Waals surface area (Å²) in [6.45, 7) is 0.220. The molecule has 0 bridgehead atoms. The van der Waals surface area contributed by atoms with Gasteiger partial charge in [0.2, 0.25) is 5.91 Å². The summed E-state index contributed by atoms with van der Waals surface area (Å²) in [5, 5.41) is 8.80. The fourth-order valence-electron chi connectivity index (χ4n) is 2.17. The van der Waals surface area contributed by atoms with E-state index in [0.29, 0.717) is 6.42 Å². The molecule has 102 valence electrons. The molecule has 0 saturated carbocycles. The van der Waals surface area contributed by atoms with Crippen LogP contribution in [0.1, 0.15) is 5.56 Å². The molecule has 1 unspecified atom stereocenters. The summed E-state index contributed by atoms with van der Waals surface area (Å²) < 4.78 is 0. The molecule has 6 nitrogen and oxygen atoms in total. The number of fused-ring (bicyclic) bond motifs is 1. The number of hydrogen-bond donors (Lipinski definition) is 2. The normalized spacial score (nSPS) is 15.3. The summed E-state index contributed by atoms with van der Waals surface area (Å²) in [4.78, 5) is 25.7. The van der Waals surface area contributed by atoms with E-state index in [-0.39, 0.29) is 12.5 Å². The SMILES string of the molecule is CN(CC(N)C(=O)O)c1ccc2c(c1)CC(=O)N2C. The number of carboxylic acid groups (broad SMARTS) is 1. The van der Waals surface area contributed by atoms with Crippen LogP contribution < -0.4 is 15.5 Å². The molecular formula is C13H17N3O3. The number of anilines is 2. The second-order valence-electron chi connectivity index (χ2n) is 4.77. The van der Waals surface area contributed by atoms with Gasteiger partial charge < -0.3 is 20.6 Å². The molecule has 3 N–H and O–H groups in total. The third kappa shape index (κ3) is 2.53. The van der Waals surface area contributed by atoms with E-state index in [1.165, 1.54) is 0 Å². The van der Waals surface area contributed by atoms with Crippen LogP contribution in [0.4, 0.5) is 11.4 Å². The van der Waals surface area contributed by atoms with Crippen LogP contribution in [0, 0.1) is 0 Å². The van der Waals surface area contributed by atoms with Gasteiger partial charge in [0.15, 0.2) is 0 Å². The van der Waals surface area contributed by atoms with E-state index < -0.39 is 12.0 Å². The van der Waals surface area contributed by atoms with Gasteiger partial charge in [0.25, 0.3) is 0 Å². The van der Waals surface area contributed by atoms with E-state index in [9.17, 15) is 9.59 Å². The number of carbonyl (C=O) groups excluding carboxylic acids is 1. The van der Waals surface area contributed by atoms with Gasteiger partial charge in [-0.1, -0.05) is 0 Å². The van der Waals surface area contributed by atoms with Gasteiger partial charge in [-0.3, -0.25) is 9.59 Å². The zero-order valence-electron chi connectivity index (χ0n) is 11.0. The summed E-state index contributed by atoms with van der Waals surface area (Å²) in [5.74, 6) is -0.958. The van der Waals surface area contributed by atoms with Crippen LogP contribution in [-0.4, -0.2) is 43.7 Å². The molecule has 19 heavy (non-hydrogen) atoms. The molecule has 0 saturated heterocycles. The zero-order valence-corrected chi connectivity index (χ0v) is 11.0. The highest BCUT2D eigenvalue weighted by atomic mass is 16.4. The number of rotatable bonds is 4. The number of carbonyl (C=O) groups is 2. The molecule has 1 atom stereocenters. The molecule has 1 aromatic carbocycles. The lowest BCUT2D eigenvalue weighted by Gasteiger charge is -2.22. The molecule has 2 rings (SSSR count). The second-order valence-corrected chi connectivity index (χ2v) is 4.77. The van der Waals surface area contributed by atoms with Crippen LogP contribution in [0.25, 0.3) is 0 Å². The molecule has 1 aromatic rings. The van der Waals surface area contributed by atoms with E-state index in [1.54, 1.807) is 23.9 Å². The number of nitrogens with two attached hydrogens (primary N) is 1. The van der Waals surface area contributed by atoms with Crippen LogP contribution in [0.15, 0.2) is 18.2 Å². The number of aliphatic carboxylic acids is 1. The molecule has 0 aliphatic carbocycles. The minimum Gasteiger partial charge on any atom is -0.480 e. The number of amides is 1. The highest BCUT2D eigenvalue weighted by Crippen LogP contribution is 2.30. The Morgan fingerprint density at radius 2 is 2.26 bits per heavy atom.